The summed E-state index contributed by atoms with van der Waals surface area (Å²) in [5.74, 6) is -1.78. The van der Waals surface area contributed by atoms with Crippen molar-refractivity contribution in [3.05, 3.63) is 16.1 Å². The summed E-state index contributed by atoms with van der Waals surface area (Å²) >= 11 is 0.795. The van der Waals surface area contributed by atoms with Crippen LogP contribution in [0.3, 0.4) is 0 Å². The van der Waals surface area contributed by atoms with E-state index in [4.69, 9.17) is 0 Å². The summed E-state index contributed by atoms with van der Waals surface area (Å²) in [6.45, 7) is 3.61. The quantitative estimate of drug-likeness (QED) is 0.721. The van der Waals surface area contributed by atoms with Crippen molar-refractivity contribution in [2.24, 2.45) is 0 Å². The number of thiazole rings is 1. The highest BCUT2D eigenvalue weighted by molar-refractivity contribution is 7.13. The highest BCUT2D eigenvalue weighted by atomic mass is 32.1. The predicted molar refractivity (Wildman–Crippen MR) is 46.6 cm³/mol. The molecule has 0 spiro atoms. The standard InChI is InChI=1S/C8H8F3NOS/c1-4(2)7-12-3-5(14-7)6(13)8(9,10)11/h3-4H,1-2H3. The zero-order valence-corrected chi connectivity index (χ0v) is 8.37. The lowest BCUT2D eigenvalue weighted by atomic mass is 10.2. The fourth-order valence-electron chi connectivity index (χ4n) is 0.799. The fourth-order valence-corrected chi connectivity index (χ4v) is 1.68. The van der Waals surface area contributed by atoms with Gasteiger partial charge in [0.2, 0.25) is 0 Å². The van der Waals surface area contributed by atoms with Crippen LogP contribution in [0.15, 0.2) is 6.20 Å². The van der Waals surface area contributed by atoms with Gasteiger partial charge in [-0.15, -0.1) is 11.3 Å². The molecule has 1 heterocycles. The predicted octanol–water partition coefficient (Wildman–Crippen LogP) is 3.01. The van der Waals surface area contributed by atoms with Crippen LogP contribution in [-0.2, 0) is 0 Å². The summed E-state index contributed by atoms with van der Waals surface area (Å²) in [6.07, 6.45) is -3.82. The molecular weight excluding hydrogens is 215 g/mol. The molecule has 0 aliphatic carbocycles. The molecule has 0 saturated heterocycles. The van der Waals surface area contributed by atoms with Gasteiger partial charge in [-0.3, -0.25) is 4.79 Å². The fraction of sp³-hybridized carbons (Fsp3) is 0.500. The molecule has 0 N–H and O–H groups in total. The van der Waals surface area contributed by atoms with Crippen molar-refractivity contribution in [2.75, 3.05) is 0 Å². The SMILES string of the molecule is CC(C)c1ncc(C(=O)C(F)(F)F)s1. The van der Waals surface area contributed by atoms with Crippen LogP contribution >= 0.6 is 11.3 Å². The summed E-state index contributed by atoms with van der Waals surface area (Å²) in [5.41, 5.74) is 0. The van der Waals surface area contributed by atoms with E-state index in [2.05, 4.69) is 4.98 Å². The van der Waals surface area contributed by atoms with Gasteiger partial charge in [0, 0.05) is 12.1 Å². The van der Waals surface area contributed by atoms with Crippen molar-refractivity contribution in [3.8, 4) is 0 Å². The Morgan fingerprint density at radius 3 is 2.43 bits per heavy atom. The number of carbonyl (C=O) groups excluding carboxylic acids is 1. The molecule has 0 saturated carbocycles. The largest absolute Gasteiger partial charge is 0.455 e. The molecule has 78 valence electrons. The summed E-state index contributed by atoms with van der Waals surface area (Å²) in [7, 11) is 0. The van der Waals surface area contributed by atoms with Crippen LogP contribution in [-0.4, -0.2) is 16.9 Å². The Labute approximate surface area is 82.8 Å². The number of aromatic nitrogens is 1. The third-order valence-electron chi connectivity index (χ3n) is 1.50. The van der Waals surface area contributed by atoms with Gasteiger partial charge < -0.3 is 0 Å². The molecule has 0 fully saturated rings. The van der Waals surface area contributed by atoms with Crippen molar-refractivity contribution in [3.63, 3.8) is 0 Å². The highest BCUT2D eigenvalue weighted by Crippen LogP contribution is 2.27. The smallest absolute Gasteiger partial charge is 0.283 e. The molecule has 0 aliphatic rings. The molecule has 6 heteroatoms. The average molecular weight is 223 g/mol. The van der Waals surface area contributed by atoms with Crippen LogP contribution in [0.4, 0.5) is 13.2 Å². The van der Waals surface area contributed by atoms with Gasteiger partial charge in [0.15, 0.2) is 0 Å². The van der Waals surface area contributed by atoms with E-state index in [1.165, 1.54) is 0 Å². The van der Waals surface area contributed by atoms with Gasteiger partial charge in [-0.1, -0.05) is 13.8 Å². The zero-order chi connectivity index (χ0) is 10.9. The third kappa shape index (κ3) is 2.31. The summed E-state index contributed by atoms with van der Waals surface area (Å²) in [5, 5.41) is 0.539. The summed E-state index contributed by atoms with van der Waals surface area (Å²) < 4.78 is 35.9. The van der Waals surface area contributed by atoms with Gasteiger partial charge in [0.05, 0.1) is 9.88 Å². The van der Waals surface area contributed by atoms with E-state index in [0.29, 0.717) is 5.01 Å². The Morgan fingerprint density at radius 1 is 1.50 bits per heavy atom. The van der Waals surface area contributed by atoms with E-state index < -0.39 is 12.0 Å². The van der Waals surface area contributed by atoms with E-state index in [0.717, 1.165) is 17.5 Å². The second kappa shape index (κ2) is 3.68. The van der Waals surface area contributed by atoms with Crippen LogP contribution in [0.25, 0.3) is 0 Å². The summed E-state index contributed by atoms with van der Waals surface area (Å²) in [4.78, 5) is 14.1. The maximum atomic E-state index is 12.0. The first kappa shape index (κ1) is 11.2. The van der Waals surface area contributed by atoms with Crippen LogP contribution in [0.2, 0.25) is 0 Å². The normalized spacial score (nSPS) is 12.1. The molecule has 1 aromatic heterocycles. The number of hydrogen-bond donors (Lipinski definition) is 0. The summed E-state index contributed by atoms with van der Waals surface area (Å²) in [6, 6.07) is 0. The molecule has 14 heavy (non-hydrogen) atoms. The number of halogens is 3. The van der Waals surface area contributed by atoms with Gasteiger partial charge >= 0.3 is 6.18 Å². The third-order valence-corrected chi connectivity index (χ3v) is 2.80. The first-order valence-electron chi connectivity index (χ1n) is 3.89. The van der Waals surface area contributed by atoms with Crippen LogP contribution in [0.1, 0.15) is 34.4 Å². The number of nitrogens with zero attached hydrogens (tertiary/aromatic N) is 1. The number of carbonyl (C=O) groups is 1. The van der Waals surface area contributed by atoms with Gasteiger partial charge in [0.1, 0.15) is 0 Å². The van der Waals surface area contributed by atoms with Gasteiger partial charge in [0.25, 0.3) is 5.78 Å². The molecule has 1 aromatic rings. The molecule has 0 aromatic carbocycles. The Balaban J connectivity index is 2.93. The van der Waals surface area contributed by atoms with E-state index in [9.17, 15) is 18.0 Å². The number of alkyl halides is 3. The van der Waals surface area contributed by atoms with Crippen molar-refractivity contribution in [1.29, 1.82) is 0 Å². The molecule has 0 atom stereocenters. The van der Waals surface area contributed by atoms with Crippen molar-refractivity contribution < 1.29 is 18.0 Å². The van der Waals surface area contributed by atoms with Crippen LogP contribution in [0, 0.1) is 0 Å². The number of hydrogen-bond acceptors (Lipinski definition) is 3. The Morgan fingerprint density at radius 2 is 2.07 bits per heavy atom. The lowest BCUT2D eigenvalue weighted by molar-refractivity contribution is -0.0882. The van der Waals surface area contributed by atoms with E-state index in [1.54, 1.807) is 13.8 Å². The van der Waals surface area contributed by atoms with E-state index in [-0.39, 0.29) is 10.8 Å². The zero-order valence-electron chi connectivity index (χ0n) is 7.55. The topological polar surface area (TPSA) is 30.0 Å². The van der Waals surface area contributed by atoms with Crippen LogP contribution < -0.4 is 0 Å². The molecule has 2 nitrogen and oxygen atoms in total. The first-order chi connectivity index (χ1) is 6.32. The van der Waals surface area contributed by atoms with Crippen molar-refractivity contribution in [1.82, 2.24) is 4.98 Å². The van der Waals surface area contributed by atoms with E-state index in [1.807, 2.05) is 0 Å². The Kier molecular flexibility index (Phi) is 2.94. The molecule has 1 rings (SSSR count). The lowest BCUT2D eigenvalue weighted by Gasteiger charge is -2.01. The first-order valence-corrected chi connectivity index (χ1v) is 4.71. The maximum absolute atomic E-state index is 12.0. The molecule has 0 unspecified atom stereocenters. The molecule has 0 aliphatic heterocycles. The minimum absolute atomic E-state index is 0.0368. The van der Waals surface area contributed by atoms with Gasteiger partial charge in [-0.2, -0.15) is 13.2 Å². The molecule has 0 bridgehead atoms. The average Bonchev–Trinajstić information content (AvgIpc) is 2.48. The minimum atomic E-state index is -4.80. The molecule has 0 amide bonds. The van der Waals surface area contributed by atoms with Gasteiger partial charge in [-0.05, 0) is 0 Å². The van der Waals surface area contributed by atoms with Crippen LogP contribution in [0.5, 0.6) is 0 Å². The highest BCUT2D eigenvalue weighted by Gasteiger charge is 2.40. The lowest BCUT2D eigenvalue weighted by Crippen LogP contribution is -2.21. The van der Waals surface area contributed by atoms with Crippen molar-refractivity contribution >= 4 is 17.1 Å². The van der Waals surface area contributed by atoms with E-state index >= 15 is 0 Å². The number of ketones is 1. The Hall–Kier alpha value is -0.910. The van der Waals surface area contributed by atoms with Gasteiger partial charge in [-0.25, -0.2) is 4.98 Å². The number of Topliss-reactive ketones (excluding diaryl/α,β-unsaturated/α-hetero) is 1. The monoisotopic (exact) mass is 223 g/mol. The second-order valence-corrected chi connectivity index (χ2v) is 4.11. The van der Waals surface area contributed by atoms with Crippen molar-refractivity contribution in [2.45, 2.75) is 25.9 Å². The molecular formula is C8H8F3NOS. The number of rotatable bonds is 2. The Bertz CT molecular complexity index is 343. The second-order valence-electron chi connectivity index (χ2n) is 3.04. The minimum Gasteiger partial charge on any atom is -0.283 e. The maximum Gasteiger partial charge on any atom is 0.455 e. The molecule has 0 radical (unpaired) electrons.